The van der Waals surface area contributed by atoms with Crippen LogP contribution < -0.4 is 4.74 Å². The van der Waals surface area contributed by atoms with Crippen molar-refractivity contribution in [2.24, 2.45) is 10.9 Å². The molecule has 1 heterocycles. The van der Waals surface area contributed by atoms with Gasteiger partial charge in [0.05, 0.1) is 17.8 Å². The first-order valence-corrected chi connectivity index (χ1v) is 12.1. The molecular weight excluding hydrogens is 396 g/mol. The Morgan fingerprint density at radius 2 is 2.04 bits per heavy atom. The standard InChI is InChI=1S/C21H30ClN2O3S/c1-3-4-13-28(25,26)24(12-11-23-17(24)2)15-19-9-10-20(14-21(19)22)27-16-18-7-5-6-8-18/h9-12,14,18H,3-8,13,15-16H2,1-2H3/q+1. The van der Waals surface area contributed by atoms with Crippen LogP contribution in [0.25, 0.3) is 0 Å². The SMILES string of the molecule is CCCCS(=O)(=O)[N+]1(Cc2ccc(OCC3CCCC3)cc2Cl)C=CN=C1C. The number of hydrogen-bond acceptors (Lipinski definition) is 4. The number of aliphatic imine (C=N–C) groups is 1. The van der Waals surface area contributed by atoms with Crippen molar-refractivity contribution >= 4 is 27.5 Å². The monoisotopic (exact) mass is 425 g/mol. The normalized spacial score (nSPS) is 22.6. The largest absolute Gasteiger partial charge is 0.493 e. The molecule has 1 aliphatic heterocycles. The molecule has 1 atom stereocenters. The van der Waals surface area contributed by atoms with Crippen LogP contribution in [-0.2, 0) is 16.6 Å². The van der Waals surface area contributed by atoms with E-state index >= 15 is 0 Å². The Bertz CT molecular complexity index is 860. The fourth-order valence-electron chi connectivity index (χ4n) is 3.89. The maximum absolute atomic E-state index is 13.1. The number of benzene rings is 1. The van der Waals surface area contributed by atoms with Gasteiger partial charge in [-0.2, -0.15) is 8.42 Å². The summed E-state index contributed by atoms with van der Waals surface area (Å²) in [6, 6.07) is 5.56. The highest BCUT2D eigenvalue weighted by Crippen LogP contribution is 2.33. The van der Waals surface area contributed by atoms with Crippen LogP contribution in [0.5, 0.6) is 5.75 Å². The number of sulfonamides is 1. The van der Waals surface area contributed by atoms with Gasteiger partial charge in [0.2, 0.25) is 5.84 Å². The zero-order chi connectivity index (χ0) is 20.2. The highest BCUT2D eigenvalue weighted by atomic mass is 35.5. The van der Waals surface area contributed by atoms with E-state index in [4.69, 9.17) is 16.3 Å². The second-order valence-corrected chi connectivity index (χ2v) is 10.4. The van der Waals surface area contributed by atoms with E-state index in [1.54, 1.807) is 25.4 Å². The average molecular weight is 426 g/mol. The predicted molar refractivity (Wildman–Crippen MR) is 114 cm³/mol. The number of hydrogen-bond donors (Lipinski definition) is 0. The lowest BCUT2D eigenvalue weighted by Crippen LogP contribution is -2.50. The number of amidine groups is 1. The van der Waals surface area contributed by atoms with Gasteiger partial charge >= 0.3 is 10.0 Å². The molecule has 0 amide bonds. The molecule has 0 aromatic heterocycles. The Hall–Kier alpha value is -1.37. The van der Waals surface area contributed by atoms with E-state index in [1.165, 1.54) is 25.7 Å². The molecule has 1 aromatic carbocycles. The number of rotatable bonds is 9. The fraction of sp³-hybridized carbons (Fsp3) is 0.571. The minimum atomic E-state index is -3.45. The second kappa shape index (κ2) is 8.97. The molecule has 1 unspecified atom stereocenters. The Labute approximate surface area is 173 Å². The Kier molecular flexibility index (Phi) is 6.84. The second-order valence-electron chi connectivity index (χ2n) is 7.78. The van der Waals surface area contributed by atoms with Gasteiger partial charge in [-0.05, 0) is 43.4 Å². The molecule has 1 aromatic rings. The molecule has 0 N–H and O–H groups in total. The Balaban J connectivity index is 1.78. The third-order valence-electron chi connectivity index (χ3n) is 5.76. The summed E-state index contributed by atoms with van der Waals surface area (Å²) in [5.41, 5.74) is 0.774. The fourth-order valence-corrected chi connectivity index (χ4v) is 6.13. The number of halogens is 1. The van der Waals surface area contributed by atoms with Crippen molar-refractivity contribution in [2.75, 3.05) is 12.4 Å². The molecule has 5 nitrogen and oxygen atoms in total. The van der Waals surface area contributed by atoms with Gasteiger partial charge in [-0.15, -0.1) is 3.89 Å². The summed E-state index contributed by atoms with van der Waals surface area (Å²) in [5, 5.41) is 0.528. The molecule has 2 aliphatic rings. The summed E-state index contributed by atoms with van der Waals surface area (Å²) < 4.78 is 31.9. The lowest BCUT2D eigenvalue weighted by Gasteiger charge is -2.30. The molecule has 3 rings (SSSR count). The van der Waals surface area contributed by atoms with E-state index in [0.717, 1.165) is 24.3 Å². The molecule has 1 saturated carbocycles. The molecule has 1 aliphatic carbocycles. The number of ether oxygens (including phenoxy) is 1. The maximum Gasteiger partial charge on any atom is 0.307 e. The summed E-state index contributed by atoms with van der Waals surface area (Å²) in [6.07, 6.45) is 9.72. The van der Waals surface area contributed by atoms with Crippen molar-refractivity contribution in [1.29, 1.82) is 0 Å². The summed E-state index contributed by atoms with van der Waals surface area (Å²) >= 11 is 6.52. The summed E-state index contributed by atoms with van der Waals surface area (Å²) in [5.74, 6) is 2.04. The molecule has 0 bridgehead atoms. The van der Waals surface area contributed by atoms with Crippen LogP contribution in [0.1, 0.15) is 57.9 Å². The van der Waals surface area contributed by atoms with E-state index in [9.17, 15) is 8.42 Å². The van der Waals surface area contributed by atoms with Gasteiger partial charge in [-0.25, -0.2) is 4.99 Å². The van der Waals surface area contributed by atoms with Crippen LogP contribution in [0, 0.1) is 5.92 Å². The van der Waals surface area contributed by atoms with Gasteiger partial charge in [-0.1, -0.05) is 37.8 Å². The maximum atomic E-state index is 13.1. The predicted octanol–water partition coefficient (Wildman–Crippen LogP) is 5.26. The first-order valence-electron chi connectivity index (χ1n) is 10.1. The van der Waals surface area contributed by atoms with E-state index in [-0.39, 0.29) is 16.2 Å². The van der Waals surface area contributed by atoms with Crippen molar-refractivity contribution < 1.29 is 17.0 Å². The first-order chi connectivity index (χ1) is 13.4. The number of unbranched alkanes of at least 4 members (excludes halogenated alkanes) is 1. The van der Waals surface area contributed by atoms with Gasteiger partial charge in [-0.3, -0.25) is 0 Å². The molecule has 1 fully saturated rings. The van der Waals surface area contributed by atoms with Gasteiger partial charge in [0.25, 0.3) is 0 Å². The van der Waals surface area contributed by atoms with Crippen LogP contribution in [-0.4, -0.2) is 30.5 Å². The third kappa shape index (κ3) is 4.44. The van der Waals surface area contributed by atoms with E-state index in [2.05, 4.69) is 4.99 Å². The Morgan fingerprint density at radius 1 is 1.29 bits per heavy atom. The van der Waals surface area contributed by atoms with Crippen LogP contribution in [0.4, 0.5) is 0 Å². The van der Waals surface area contributed by atoms with Gasteiger partial charge in [0.15, 0.2) is 0 Å². The average Bonchev–Trinajstić information content (AvgIpc) is 3.31. The van der Waals surface area contributed by atoms with Crippen LogP contribution in [0.15, 0.2) is 35.6 Å². The summed E-state index contributed by atoms with van der Waals surface area (Å²) in [4.78, 5) is 4.24. The van der Waals surface area contributed by atoms with Crippen molar-refractivity contribution in [3.8, 4) is 5.75 Å². The van der Waals surface area contributed by atoms with Crippen molar-refractivity contribution in [2.45, 2.75) is 58.9 Å². The lowest BCUT2D eigenvalue weighted by atomic mass is 10.1. The molecule has 28 heavy (non-hydrogen) atoms. The molecule has 154 valence electrons. The number of quaternary nitrogens is 1. The van der Waals surface area contributed by atoms with Crippen LogP contribution >= 0.6 is 11.6 Å². The zero-order valence-corrected chi connectivity index (χ0v) is 18.3. The van der Waals surface area contributed by atoms with Gasteiger partial charge < -0.3 is 4.74 Å². The first kappa shape index (κ1) is 21.3. The molecule has 7 heteroatoms. The van der Waals surface area contributed by atoms with E-state index in [0.29, 0.717) is 23.2 Å². The molecular formula is C21H30ClN2O3S+. The molecule has 0 spiro atoms. The van der Waals surface area contributed by atoms with Crippen LogP contribution in [0.3, 0.4) is 0 Å². The van der Waals surface area contributed by atoms with E-state index in [1.807, 2.05) is 19.1 Å². The summed E-state index contributed by atoms with van der Waals surface area (Å²) in [7, 11) is -3.45. The van der Waals surface area contributed by atoms with E-state index < -0.39 is 10.0 Å². The van der Waals surface area contributed by atoms with Gasteiger partial charge in [0, 0.05) is 12.5 Å². The Morgan fingerprint density at radius 3 is 2.64 bits per heavy atom. The molecule has 0 radical (unpaired) electrons. The quantitative estimate of drug-likeness (QED) is 0.507. The van der Waals surface area contributed by atoms with Gasteiger partial charge in [0.1, 0.15) is 24.2 Å². The van der Waals surface area contributed by atoms with Crippen LogP contribution in [0.2, 0.25) is 5.02 Å². The highest BCUT2D eigenvalue weighted by molar-refractivity contribution is 7.86. The topological polar surface area (TPSA) is 55.7 Å². The van der Waals surface area contributed by atoms with Crippen molar-refractivity contribution in [1.82, 2.24) is 0 Å². The van der Waals surface area contributed by atoms with Crippen molar-refractivity contribution in [3.05, 3.63) is 41.2 Å². The van der Waals surface area contributed by atoms with Crippen molar-refractivity contribution in [3.63, 3.8) is 0 Å². The highest BCUT2D eigenvalue weighted by Gasteiger charge is 2.45. The minimum absolute atomic E-state index is 0.126. The lowest BCUT2D eigenvalue weighted by molar-refractivity contribution is -0.664. The number of nitrogens with zero attached hydrogens (tertiary/aromatic N) is 2. The minimum Gasteiger partial charge on any atom is -0.493 e. The summed E-state index contributed by atoms with van der Waals surface area (Å²) in [6.45, 7) is 4.70. The third-order valence-corrected chi connectivity index (χ3v) is 8.42. The zero-order valence-electron chi connectivity index (χ0n) is 16.7. The molecule has 0 saturated heterocycles. The smallest absolute Gasteiger partial charge is 0.307 e.